The highest BCUT2D eigenvalue weighted by atomic mass is 32.2. The zero-order valence-electron chi connectivity index (χ0n) is 18.6. The number of aromatic nitrogens is 2. The van der Waals surface area contributed by atoms with Gasteiger partial charge in [-0.05, 0) is 57.9 Å². The maximum Gasteiger partial charge on any atom is 0.178 e. The zero-order chi connectivity index (χ0) is 22.5. The molecule has 8 heteroatoms. The monoisotopic (exact) mass is 471 g/mol. The second-order valence-corrected chi connectivity index (χ2v) is 12.5. The van der Waals surface area contributed by atoms with Crippen molar-refractivity contribution in [1.82, 2.24) is 14.5 Å². The van der Waals surface area contributed by atoms with Crippen molar-refractivity contribution < 1.29 is 13.2 Å². The summed E-state index contributed by atoms with van der Waals surface area (Å²) < 4.78 is 27.2. The van der Waals surface area contributed by atoms with Crippen molar-refractivity contribution in [2.24, 2.45) is 0 Å². The van der Waals surface area contributed by atoms with Crippen molar-refractivity contribution in [3.8, 4) is 0 Å². The molecule has 0 aliphatic carbocycles. The molecule has 2 fully saturated rings. The second kappa shape index (κ2) is 8.39. The summed E-state index contributed by atoms with van der Waals surface area (Å²) in [5, 5.41) is 1.17. The minimum Gasteiger partial charge on any atom is -0.344 e. The van der Waals surface area contributed by atoms with Crippen LogP contribution in [0.15, 0.2) is 30.3 Å². The fourth-order valence-corrected chi connectivity index (χ4v) is 8.15. The molecule has 0 unspecified atom stereocenters. The molecule has 1 aromatic carbocycles. The molecule has 2 aliphatic rings. The Morgan fingerprint density at radius 2 is 2.03 bits per heavy atom. The Labute approximate surface area is 193 Å². The van der Waals surface area contributed by atoms with Gasteiger partial charge in [0.1, 0.15) is 0 Å². The van der Waals surface area contributed by atoms with Crippen molar-refractivity contribution in [1.29, 1.82) is 0 Å². The summed E-state index contributed by atoms with van der Waals surface area (Å²) >= 11 is 1.77. The average molecular weight is 472 g/mol. The third-order valence-corrected chi connectivity index (χ3v) is 9.84. The van der Waals surface area contributed by atoms with E-state index in [0.717, 1.165) is 48.4 Å². The average Bonchev–Trinajstić information content (AvgIpc) is 3.43. The van der Waals surface area contributed by atoms with Crippen LogP contribution in [-0.2, 0) is 9.84 Å². The normalized spacial score (nSPS) is 23.7. The number of rotatable bonds is 5. The minimum absolute atomic E-state index is 0.0556. The van der Waals surface area contributed by atoms with E-state index < -0.39 is 9.84 Å². The molecule has 0 spiro atoms. The van der Waals surface area contributed by atoms with Gasteiger partial charge in [-0.2, -0.15) is 0 Å². The number of benzene rings is 1. The molecule has 0 radical (unpaired) electrons. The molecular weight excluding hydrogens is 442 g/mol. The Kier molecular flexibility index (Phi) is 5.72. The molecule has 6 nitrogen and oxygen atoms in total. The summed E-state index contributed by atoms with van der Waals surface area (Å²) in [5.41, 5.74) is 3.66. The number of ketones is 1. The molecule has 5 rings (SSSR count). The molecule has 2 atom stereocenters. The van der Waals surface area contributed by atoms with Crippen molar-refractivity contribution in [3.63, 3.8) is 0 Å². The molecule has 0 N–H and O–H groups in total. The standard InChI is InChI=1S/C24H29N3O3S2/c1-16-12-20(17(2)27(16)19-9-11-32(29,30)15-19)22(28)14-26-10-5-6-18(13-26)24-25-21-7-3-4-8-23(21)31-24/h3-4,7-8,12,18-19H,5-6,9-11,13-15H2,1-2H3/t18-,19+/m1/s1. The van der Waals surface area contributed by atoms with Crippen LogP contribution in [0.1, 0.15) is 58.0 Å². The number of sulfone groups is 1. The maximum atomic E-state index is 13.2. The summed E-state index contributed by atoms with van der Waals surface area (Å²) in [6, 6.07) is 10.1. The summed E-state index contributed by atoms with van der Waals surface area (Å²) in [6.45, 7) is 6.09. The van der Waals surface area contributed by atoms with E-state index in [2.05, 4.69) is 21.6 Å². The summed E-state index contributed by atoms with van der Waals surface area (Å²) in [6.07, 6.45) is 2.80. The molecule has 0 amide bonds. The predicted molar refractivity (Wildman–Crippen MR) is 129 cm³/mol. The number of fused-ring (bicyclic) bond motifs is 1. The molecule has 32 heavy (non-hydrogen) atoms. The van der Waals surface area contributed by atoms with Gasteiger partial charge in [0.2, 0.25) is 0 Å². The highest BCUT2D eigenvalue weighted by molar-refractivity contribution is 7.91. The van der Waals surface area contributed by atoms with Gasteiger partial charge in [-0.3, -0.25) is 9.69 Å². The smallest absolute Gasteiger partial charge is 0.178 e. The first-order valence-corrected chi connectivity index (χ1v) is 13.9. The molecular formula is C24H29N3O3S2. The van der Waals surface area contributed by atoms with E-state index in [1.54, 1.807) is 11.3 Å². The van der Waals surface area contributed by atoms with E-state index in [0.29, 0.717) is 18.9 Å². The van der Waals surface area contributed by atoms with Crippen LogP contribution in [0.25, 0.3) is 10.2 Å². The van der Waals surface area contributed by atoms with E-state index in [1.807, 2.05) is 32.0 Å². The summed E-state index contributed by atoms with van der Waals surface area (Å²) in [4.78, 5) is 20.3. The number of thiazole rings is 1. The summed E-state index contributed by atoms with van der Waals surface area (Å²) in [5.74, 6) is 0.895. The Balaban J connectivity index is 1.30. The number of aryl methyl sites for hydroxylation is 1. The first-order valence-electron chi connectivity index (χ1n) is 11.3. The second-order valence-electron chi connectivity index (χ2n) is 9.23. The molecule has 4 heterocycles. The van der Waals surface area contributed by atoms with E-state index in [1.165, 1.54) is 9.71 Å². The number of hydrogen-bond acceptors (Lipinski definition) is 6. The number of nitrogens with zero attached hydrogens (tertiary/aromatic N) is 3. The summed E-state index contributed by atoms with van der Waals surface area (Å²) in [7, 11) is -2.97. The maximum absolute atomic E-state index is 13.2. The van der Waals surface area contributed by atoms with Crippen LogP contribution in [0.5, 0.6) is 0 Å². The van der Waals surface area contributed by atoms with Crippen LogP contribution in [0.2, 0.25) is 0 Å². The van der Waals surface area contributed by atoms with E-state index in [-0.39, 0.29) is 23.3 Å². The Morgan fingerprint density at radius 3 is 2.78 bits per heavy atom. The van der Waals surface area contributed by atoms with Crippen LogP contribution in [0.4, 0.5) is 0 Å². The molecule has 3 aromatic rings. The van der Waals surface area contributed by atoms with Crippen LogP contribution >= 0.6 is 11.3 Å². The highest BCUT2D eigenvalue weighted by Gasteiger charge is 2.32. The number of hydrogen-bond donors (Lipinski definition) is 0. The largest absolute Gasteiger partial charge is 0.344 e. The molecule has 2 aliphatic heterocycles. The highest BCUT2D eigenvalue weighted by Crippen LogP contribution is 2.33. The van der Waals surface area contributed by atoms with Gasteiger partial charge >= 0.3 is 0 Å². The molecule has 2 aromatic heterocycles. The van der Waals surface area contributed by atoms with Crippen LogP contribution < -0.4 is 0 Å². The number of Topliss-reactive ketones (excluding diaryl/α,β-unsaturated/α-hetero) is 1. The number of carbonyl (C=O) groups excluding carboxylic acids is 1. The van der Waals surface area contributed by atoms with Crippen LogP contribution in [0, 0.1) is 13.8 Å². The third-order valence-electron chi connectivity index (χ3n) is 6.89. The fourth-order valence-electron chi connectivity index (χ4n) is 5.35. The predicted octanol–water partition coefficient (Wildman–Crippen LogP) is 4.14. The number of para-hydroxylation sites is 1. The van der Waals surface area contributed by atoms with E-state index >= 15 is 0 Å². The quantitative estimate of drug-likeness (QED) is 0.523. The Hall–Kier alpha value is -2.03. The molecule has 0 saturated carbocycles. The molecule has 0 bridgehead atoms. The number of carbonyl (C=O) groups is 1. The lowest BCUT2D eigenvalue weighted by atomic mass is 9.98. The SMILES string of the molecule is Cc1cc(C(=O)CN2CCC[C@@H](c3nc4ccccc4s3)C2)c(C)n1[C@H]1CCS(=O)(=O)C1. The fraction of sp³-hybridized carbons (Fsp3) is 0.500. The van der Waals surface area contributed by atoms with Gasteiger partial charge in [-0.25, -0.2) is 13.4 Å². The number of piperidine rings is 1. The lowest BCUT2D eigenvalue weighted by molar-refractivity contribution is 0.0906. The Bertz CT molecular complexity index is 1240. The van der Waals surface area contributed by atoms with Crippen molar-refractivity contribution in [2.45, 2.75) is 45.1 Å². The van der Waals surface area contributed by atoms with Gasteiger partial charge in [-0.15, -0.1) is 11.3 Å². The minimum atomic E-state index is -2.97. The van der Waals surface area contributed by atoms with E-state index in [9.17, 15) is 13.2 Å². The van der Waals surface area contributed by atoms with Gasteiger partial charge in [0.15, 0.2) is 15.6 Å². The van der Waals surface area contributed by atoms with Gasteiger partial charge in [0, 0.05) is 35.5 Å². The zero-order valence-corrected chi connectivity index (χ0v) is 20.2. The van der Waals surface area contributed by atoms with Crippen molar-refractivity contribution >= 4 is 37.2 Å². The van der Waals surface area contributed by atoms with Crippen molar-refractivity contribution in [3.05, 3.63) is 52.3 Å². The van der Waals surface area contributed by atoms with Crippen LogP contribution in [0.3, 0.4) is 0 Å². The molecule has 170 valence electrons. The van der Waals surface area contributed by atoms with Gasteiger partial charge in [0.25, 0.3) is 0 Å². The molecule has 2 saturated heterocycles. The van der Waals surface area contributed by atoms with Gasteiger partial charge in [-0.1, -0.05) is 12.1 Å². The van der Waals surface area contributed by atoms with Crippen molar-refractivity contribution in [2.75, 3.05) is 31.1 Å². The van der Waals surface area contributed by atoms with Crippen LogP contribution in [-0.4, -0.2) is 59.8 Å². The first-order chi connectivity index (χ1) is 15.3. The topological polar surface area (TPSA) is 72.3 Å². The van der Waals surface area contributed by atoms with E-state index in [4.69, 9.17) is 4.98 Å². The Morgan fingerprint density at radius 1 is 1.22 bits per heavy atom. The third kappa shape index (κ3) is 4.16. The lowest BCUT2D eigenvalue weighted by Crippen LogP contribution is -2.38. The first kappa shape index (κ1) is 21.8. The van der Waals surface area contributed by atoms with Gasteiger partial charge in [0.05, 0.1) is 33.3 Å². The lowest BCUT2D eigenvalue weighted by Gasteiger charge is -2.31. The van der Waals surface area contributed by atoms with Gasteiger partial charge < -0.3 is 4.57 Å². The number of likely N-dealkylation sites (tertiary alicyclic amines) is 1.